The van der Waals surface area contributed by atoms with Gasteiger partial charge in [-0.2, -0.15) is 10.5 Å². The minimum Gasteiger partial charge on any atom is -0.208 e. The van der Waals surface area contributed by atoms with Crippen LogP contribution >= 0.6 is 11.3 Å². The third-order valence-corrected chi connectivity index (χ3v) is 10.1. The summed E-state index contributed by atoms with van der Waals surface area (Å²) in [5, 5.41) is 20.8. The molecule has 6 aromatic carbocycles. The molecule has 0 spiro atoms. The molecule has 0 atom stereocenters. The maximum atomic E-state index is 9.35. The Labute approximate surface area is 308 Å². The van der Waals surface area contributed by atoms with E-state index in [4.69, 9.17) is 29.9 Å². The standard InChI is InChI=1S/C44H24N8S/c45-25-27-14-18-31(19-15-27)41-48-42(32-20-16-28(26-46)17-21-32)50-43(49-41)33-22-23-37-36(24-33)34-12-7-13-35(38(34)53-37)44-51-39(29-8-3-1-4-9-29)47-40(52-44)30-10-5-2-6-11-30/h1-24H. The molecule has 0 N–H and O–H groups in total. The molecule has 0 amide bonds. The molecule has 8 nitrogen and oxygen atoms in total. The number of fused-ring (bicyclic) bond motifs is 3. The normalized spacial score (nSPS) is 11.0. The highest BCUT2D eigenvalue weighted by Crippen LogP contribution is 2.41. The minimum absolute atomic E-state index is 0.481. The van der Waals surface area contributed by atoms with Crippen molar-refractivity contribution in [3.63, 3.8) is 0 Å². The second-order valence-electron chi connectivity index (χ2n) is 12.2. The summed E-state index contributed by atoms with van der Waals surface area (Å²) in [5.41, 5.74) is 6.21. The Morgan fingerprint density at radius 3 is 1.30 bits per heavy atom. The van der Waals surface area contributed by atoms with Gasteiger partial charge in [-0.3, -0.25) is 0 Å². The van der Waals surface area contributed by atoms with Crippen molar-refractivity contribution >= 4 is 31.5 Å². The van der Waals surface area contributed by atoms with Crippen LogP contribution in [0.25, 0.3) is 88.5 Å². The summed E-state index contributed by atoms with van der Waals surface area (Å²) in [7, 11) is 0. The van der Waals surface area contributed by atoms with Gasteiger partial charge in [-0.15, -0.1) is 11.3 Å². The minimum atomic E-state index is 0.481. The first-order valence-corrected chi connectivity index (χ1v) is 17.6. The van der Waals surface area contributed by atoms with E-state index in [1.165, 1.54) is 0 Å². The molecule has 0 aliphatic carbocycles. The van der Waals surface area contributed by atoms with E-state index in [0.29, 0.717) is 46.1 Å². The van der Waals surface area contributed by atoms with E-state index in [1.54, 1.807) is 35.6 Å². The van der Waals surface area contributed by atoms with Crippen molar-refractivity contribution in [2.75, 3.05) is 0 Å². The van der Waals surface area contributed by atoms with Crippen molar-refractivity contribution in [2.45, 2.75) is 0 Å². The number of rotatable bonds is 6. The number of benzene rings is 6. The van der Waals surface area contributed by atoms with Gasteiger partial charge in [0.05, 0.1) is 23.3 Å². The molecule has 0 aliphatic heterocycles. The van der Waals surface area contributed by atoms with Crippen LogP contribution in [0.3, 0.4) is 0 Å². The van der Waals surface area contributed by atoms with Gasteiger partial charge >= 0.3 is 0 Å². The molecular weight excluding hydrogens is 673 g/mol. The van der Waals surface area contributed by atoms with Crippen LogP contribution in [0, 0.1) is 22.7 Å². The van der Waals surface area contributed by atoms with E-state index in [9.17, 15) is 10.5 Å². The molecule has 0 saturated heterocycles. The van der Waals surface area contributed by atoms with Crippen LogP contribution in [0.15, 0.2) is 146 Å². The van der Waals surface area contributed by atoms with E-state index >= 15 is 0 Å². The molecule has 53 heavy (non-hydrogen) atoms. The first-order valence-electron chi connectivity index (χ1n) is 16.7. The largest absolute Gasteiger partial charge is 0.208 e. The topological polar surface area (TPSA) is 125 Å². The summed E-state index contributed by atoms with van der Waals surface area (Å²) < 4.78 is 2.17. The van der Waals surface area contributed by atoms with Crippen molar-refractivity contribution in [1.82, 2.24) is 29.9 Å². The molecule has 0 radical (unpaired) electrons. The summed E-state index contributed by atoms with van der Waals surface area (Å²) in [5.74, 6) is 3.30. The Morgan fingerprint density at radius 1 is 0.377 bits per heavy atom. The Balaban J connectivity index is 1.19. The fraction of sp³-hybridized carbons (Fsp3) is 0. The van der Waals surface area contributed by atoms with Crippen LogP contribution in [0.4, 0.5) is 0 Å². The van der Waals surface area contributed by atoms with E-state index in [0.717, 1.165) is 53.6 Å². The molecule has 0 bridgehead atoms. The van der Waals surface area contributed by atoms with Crippen LogP contribution in [0.1, 0.15) is 11.1 Å². The fourth-order valence-electron chi connectivity index (χ4n) is 6.19. The van der Waals surface area contributed by atoms with Gasteiger partial charge in [0.1, 0.15) is 0 Å². The highest BCUT2D eigenvalue weighted by molar-refractivity contribution is 7.26. The van der Waals surface area contributed by atoms with Gasteiger partial charge in [0.25, 0.3) is 0 Å². The predicted octanol–water partition coefficient (Wildman–Crippen LogP) is 10.2. The van der Waals surface area contributed by atoms with Crippen molar-refractivity contribution in [1.29, 1.82) is 10.5 Å². The first-order chi connectivity index (χ1) is 26.1. The molecule has 246 valence electrons. The Bertz CT molecular complexity index is 2760. The Kier molecular flexibility index (Phi) is 7.94. The van der Waals surface area contributed by atoms with Crippen LogP contribution in [-0.4, -0.2) is 29.9 Å². The van der Waals surface area contributed by atoms with Gasteiger partial charge in [-0.1, -0.05) is 72.8 Å². The molecule has 9 aromatic rings. The lowest BCUT2D eigenvalue weighted by Crippen LogP contribution is -2.00. The Hall–Kier alpha value is -7.46. The number of nitrogens with zero attached hydrogens (tertiary/aromatic N) is 8. The van der Waals surface area contributed by atoms with Gasteiger partial charge in [-0.25, -0.2) is 29.9 Å². The zero-order valence-electron chi connectivity index (χ0n) is 27.8. The van der Waals surface area contributed by atoms with Gasteiger partial charge < -0.3 is 0 Å². The maximum Gasteiger partial charge on any atom is 0.165 e. The van der Waals surface area contributed by atoms with E-state index < -0.39 is 0 Å². The lowest BCUT2D eigenvalue weighted by atomic mass is 10.1. The molecule has 3 aromatic heterocycles. The number of nitriles is 2. The summed E-state index contributed by atoms with van der Waals surface area (Å²) in [4.78, 5) is 29.5. The molecular formula is C44H24N8S. The molecule has 3 heterocycles. The smallest absolute Gasteiger partial charge is 0.165 e. The van der Waals surface area contributed by atoms with Crippen LogP contribution < -0.4 is 0 Å². The van der Waals surface area contributed by atoms with Gasteiger partial charge in [0.2, 0.25) is 0 Å². The summed E-state index contributed by atoms with van der Waals surface area (Å²) >= 11 is 1.69. The summed E-state index contributed by atoms with van der Waals surface area (Å²) in [6.45, 7) is 0. The average molecular weight is 697 g/mol. The van der Waals surface area contributed by atoms with Crippen molar-refractivity contribution in [2.24, 2.45) is 0 Å². The van der Waals surface area contributed by atoms with Crippen molar-refractivity contribution in [3.8, 4) is 80.5 Å². The average Bonchev–Trinajstić information content (AvgIpc) is 3.62. The Morgan fingerprint density at radius 2 is 0.811 bits per heavy atom. The summed E-state index contributed by atoms with van der Waals surface area (Å²) in [6, 6.07) is 51.1. The highest BCUT2D eigenvalue weighted by atomic mass is 32.1. The van der Waals surface area contributed by atoms with Gasteiger partial charge in [-0.05, 0) is 72.8 Å². The first kappa shape index (κ1) is 31.5. The predicted molar refractivity (Wildman–Crippen MR) is 208 cm³/mol. The highest BCUT2D eigenvalue weighted by Gasteiger charge is 2.18. The van der Waals surface area contributed by atoms with E-state index in [-0.39, 0.29) is 0 Å². The van der Waals surface area contributed by atoms with Gasteiger partial charge in [0.15, 0.2) is 34.9 Å². The van der Waals surface area contributed by atoms with Crippen molar-refractivity contribution < 1.29 is 0 Å². The zero-order chi connectivity index (χ0) is 35.7. The number of hydrogen-bond acceptors (Lipinski definition) is 9. The van der Waals surface area contributed by atoms with Crippen LogP contribution in [-0.2, 0) is 0 Å². The SMILES string of the molecule is N#Cc1ccc(-c2nc(-c3ccc(C#N)cc3)nc(-c3ccc4sc5c(-c6nc(-c7ccccc7)nc(-c7ccccc7)n6)cccc5c4c3)n2)cc1. The molecule has 0 aliphatic rings. The number of aromatic nitrogens is 6. The molecule has 0 unspecified atom stereocenters. The lowest BCUT2D eigenvalue weighted by molar-refractivity contribution is 1.07. The third kappa shape index (κ3) is 6.04. The molecule has 0 saturated carbocycles. The monoisotopic (exact) mass is 696 g/mol. The van der Waals surface area contributed by atoms with E-state index in [2.05, 4.69) is 36.4 Å². The van der Waals surface area contributed by atoms with E-state index in [1.807, 2.05) is 97.1 Å². The molecule has 9 heteroatoms. The fourth-order valence-corrected chi connectivity index (χ4v) is 7.39. The van der Waals surface area contributed by atoms with Gasteiger partial charge in [0, 0.05) is 53.6 Å². The van der Waals surface area contributed by atoms with Crippen molar-refractivity contribution in [3.05, 3.63) is 157 Å². The second-order valence-corrected chi connectivity index (χ2v) is 13.3. The zero-order valence-corrected chi connectivity index (χ0v) is 28.7. The number of hydrogen-bond donors (Lipinski definition) is 0. The molecule has 0 fully saturated rings. The number of thiophene rings is 1. The molecule has 9 rings (SSSR count). The van der Waals surface area contributed by atoms with Crippen LogP contribution in [0.2, 0.25) is 0 Å². The maximum absolute atomic E-state index is 9.35. The lowest BCUT2D eigenvalue weighted by Gasteiger charge is -2.09. The second kappa shape index (κ2) is 13.3. The summed E-state index contributed by atoms with van der Waals surface area (Å²) in [6.07, 6.45) is 0. The quantitative estimate of drug-likeness (QED) is 0.168. The van der Waals surface area contributed by atoms with Crippen LogP contribution in [0.5, 0.6) is 0 Å². The third-order valence-electron chi connectivity index (χ3n) is 8.88.